The molecule has 1 aromatic heterocycles. The molecular formula is C6H7NS2. The van der Waals surface area contributed by atoms with E-state index in [4.69, 9.17) is 0 Å². The molecule has 1 N–H and O–H groups in total. The first-order chi connectivity index (χ1) is 4.47. The molecule has 48 valence electrons. The van der Waals surface area contributed by atoms with Crippen LogP contribution in [-0.2, 0) is 11.5 Å². The fourth-order valence-electron chi connectivity index (χ4n) is 0.907. The van der Waals surface area contributed by atoms with Crippen molar-refractivity contribution in [2.24, 2.45) is 0 Å². The molecule has 3 heteroatoms. The van der Waals surface area contributed by atoms with E-state index >= 15 is 0 Å². The first-order valence-corrected chi connectivity index (χ1v) is 5.34. The van der Waals surface area contributed by atoms with Crippen LogP contribution >= 0.6 is 21.6 Å². The van der Waals surface area contributed by atoms with Gasteiger partial charge in [-0.2, -0.15) is 0 Å². The summed E-state index contributed by atoms with van der Waals surface area (Å²) in [4.78, 5) is 3.11. The average Bonchev–Trinajstić information content (AvgIpc) is 2.33. The van der Waals surface area contributed by atoms with Crippen LogP contribution < -0.4 is 0 Å². The topological polar surface area (TPSA) is 15.8 Å². The number of fused-ring (bicyclic) bond motifs is 1. The molecule has 0 saturated carbocycles. The van der Waals surface area contributed by atoms with E-state index in [2.05, 4.69) is 17.4 Å². The van der Waals surface area contributed by atoms with Gasteiger partial charge in [-0.05, 0) is 11.1 Å². The highest BCUT2D eigenvalue weighted by Crippen LogP contribution is 2.36. The van der Waals surface area contributed by atoms with Gasteiger partial charge >= 0.3 is 0 Å². The summed E-state index contributed by atoms with van der Waals surface area (Å²) in [6.45, 7) is 0. The predicted octanol–water partition coefficient (Wildman–Crippen LogP) is 2.41. The summed E-state index contributed by atoms with van der Waals surface area (Å²) in [5.41, 5.74) is 2.97. The van der Waals surface area contributed by atoms with E-state index in [0.717, 1.165) is 0 Å². The second kappa shape index (κ2) is 2.31. The van der Waals surface area contributed by atoms with Gasteiger partial charge in [-0.15, -0.1) is 0 Å². The van der Waals surface area contributed by atoms with Crippen LogP contribution in [0.25, 0.3) is 0 Å². The molecule has 0 aromatic carbocycles. The summed E-state index contributed by atoms with van der Waals surface area (Å²) >= 11 is 0. The molecule has 0 radical (unpaired) electrons. The number of nitrogens with one attached hydrogen (secondary N) is 1. The Morgan fingerprint density at radius 1 is 1.11 bits per heavy atom. The van der Waals surface area contributed by atoms with Crippen LogP contribution in [0.15, 0.2) is 12.4 Å². The van der Waals surface area contributed by atoms with Crippen LogP contribution in [0.5, 0.6) is 0 Å². The highest BCUT2D eigenvalue weighted by molar-refractivity contribution is 8.76. The maximum Gasteiger partial charge on any atom is 0.0306 e. The number of rotatable bonds is 0. The van der Waals surface area contributed by atoms with Crippen molar-refractivity contribution in [3.05, 3.63) is 23.5 Å². The number of aromatic nitrogens is 1. The van der Waals surface area contributed by atoms with Gasteiger partial charge in [0.1, 0.15) is 0 Å². The van der Waals surface area contributed by atoms with E-state index in [1.54, 1.807) is 0 Å². The minimum Gasteiger partial charge on any atom is -0.367 e. The number of hydrogen-bond donors (Lipinski definition) is 1. The normalized spacial score (nSPS) is 17.3. The van der Waals surface area contributed by atoms with Crippen molar-refractivity contribution in [1.82, 2.24) is 4.98 Å². The number of aromatic amines is 1. The van der Waals surface area contributed by atoms with E-state index in [-0.39, 0.29) is 0 Å². The van der Waals surface area contributed by atoms with Crippen LogP contribution in [0.2, 0.25) is 0 Å². The summed E-state index contributed by atoms with van der Waals surface area (Å²) in [7, 11) is 3.88. The molecule has 0 aliphatic carbocycles. The third kappa shape index (κ3) is 0.990. The van der Waals surface area contributed by atoms with E-state index in [1.165, 1.54) is 22.6 Å². The first-order valence-electron chi connectivity index (χ1n) is 2.86. The quantitative estimate of drug-likeness (QED) is 0.582. The van der Waals surface area contributed by atoms with Crippen molar-refractivity contribution in [3.63, 3.8) is 0 Å². The van der Waals surface area contributed by atoms with Crippen molar-refractivity contribution < 1.29 is 0 Å². The molecule has 0 atom stereocenters. The maximum absolute atomic E-state index is 3.11. The van der Waals surface area contributed by atoms with Gasteiger partial charge in [0.25, 0.3) is 0 Å². The molecule has 0 bridgehead atoms. The van der Waals surface area contributed by atoms with Crippen LogP contribution in [0.3, 0.4) is 0 Å². The van der Waals surface area contributed by atoms with E-state index in [1.807, 2.05) is 21.6 Å². The third-order valence-corrected chi connectivity index (χ3v) is 3.67. The zero-order chi connectivity index (χ0) is 6.10. The lowest BCUT2D eigenvalue weighted by Crippen LogP contribution is -1.87. The third-order valence-electron chi connectivity index (χ3n) is 1.44. The Labute approximate surface area is 62.0 Å². The smallest absolute Gasteiger partial charge is 0.0306 e. The molecule has 2 heterocycles. The van der Waals surface area contributed by atoms with Gasteiger partial charge in [-0.25, -0.2) is 0 Å². The van der Waals surface area contributed by atoms with Gasteiger partial charge in [0, 0.05) is 23.9 Å². The Hall–Kier alpha value is -0.0200. The van der Waals surface area contributed by atoms with E-state index in [9.17, 15) is 0 Å². The lowest BCUT2D eigenvalue weighted by Gasteiger charge is -2.07. The van der Waals surface area contributed by atoms with Crippen molar-refractivity contribution in [2.75, 3.05) is 0 Å². The molecule has 0 spiro atoms. The molecule has 9 heavy (non-hydrogen) atoms. The molecule has 0 saturated heterocycles. The molecule has 0 unspecified atom stereocenters. The second-order valence-corrected chi connectivity index (χ2v) is 4.49. The maximum atomic E-state index is 3.11. The number of hydrogen-bond acceptors (Lipinski definition) is 2. The Morgan fingerprint density at radius 2 is 1.67 bits per heavy atom. The molecule has 2 rings (SSSR count). The summed E-state index contributed by atoms with van der Waals surface area (Å²) in [6, 6.07) is 0. The van der Waals surface area contributed by atoms with Crippen LogP contribution in [0.1, 0.15) is 11.1 Å². The molecular weight excluding hydrogens is 150 g/mol. The number of H-pyrrole nitrogens is 1. The molecule has 0 fully saturated rings. The molecule has 1 nitrogen and oxygen atoms in total. The van der Waals surface area contributed by atoms with Crippen molar-refractivity contribution in [3.8, 4) is 0 Å². The summed E-state index contributed by atoms with van der Waals surface area (Å²) in [5.74, 6) is 2.34. The fourth-order valence-corrected chi connectivity index (χ4v) is 3.13. The lowest BCUT2D eigenvalue weighted by atomic mass is 10.2. The minimum atomic E-state index is 1.17. The average molecular weight is 157 g/mol. The largest absolute Gasteiger partial charge is 0.367 e. The minimum absolute atomic E-state index is 1.17. The Bertz CT molecular complexity index is 186. The van der Waals surface area contributed by atoms with Crippen molar-refractivity contribution in [1.29, 1.82) is 0 Å². The summed E-state index contributed by atoms with van der Waals surface area (Å²) < 4.78 is 0. The lowest BCUT2D eigenvalue weighted by molar-refractivity contribution is 1.33. The zero-order valence-electron chi connectivity index (χ0n) is 4.89. The van der Waals surface area contributed by atoms with Gasteiger partial charge in [-0.1, -0.05) is 21.6 Å². The summed E-state index contributed by atoms with van der Waals surface area (Å²) in [5, 5.41) is 0. The monoisotopic (exact) mass is 157 g/mol. The molecule has 0 amide bonds. The van der Waals surface area contributed by atoms with Gasteiger partial charge in [0.15, 0.2) is 0 Å². The van der Waals surface area contributed by atoms with Gasteiger partial charge in [-0.3, -0.25) is 0 Å². The van der Waals surface area contributed by atoms with Crippen LogP contribution in [0, 0.1) is 0 Å². The van der Waals surface area contributed by atoms with Gasteiger partial charge in [0.05, 0.1) is 0 Å². The fraction of sp³-hybridized carbons (Fsp3) is 0.333. The van der Waals surface area contributed by atoms with Crippen LogP contribution in [0.4, 0.5) is 0 Å². The zero-order valence-corrected chi connectivity index (χ0v) is 6.52. The highest BCUT2D eigenvalue weighted by Gasteiger charge is 2.08. The Kier molecular flexibility index (Phi) is 1.47. The first kappa shape index (κ1) is 5.74. The molecule has 1 aromatic rings. The van der Waals surface area contributed by atoms with Crippen molar-refractivity contribution in [2.45, 2.75) is 11.5 Å². The highest BCUT2D eigenvalue weighted by atomic mass is 33.1. The van der Waals surface area contributed by atoms with Gasteiger partial charge < -0.3 is 4.98 Å². The Morgan fingerprint density at radius 3 is 2.22 bits per heavy atom. The molecule has 1 aliphatic heterocycles. The van der Waals surface area contributed by atoms with Crippen LogP contribution in [-0.4, -0.2) is 4.98 Å². The van der Waals surface area contributed by atoms with Gasteiger partial charge in [0.2, 0.25) is 0 Å². The second-order valence-electron chi connectivity index (χ2n) is 2.03. The molecule has 1 aliphatic rings. The van der Waals surface area contributed by atoms with E-state index < -0.39 is 0 Å². The Balaban J connectivity index is 2.39. The SMILES string of the molecule is c1[nH]cc2c1CSSC2. The summed E-state index contributed by atoms with van der Waals surface area (Å²) in [6.07, 6.45) is 4.20. The standard InChI is InChI=1S/C6H7NS2/c1-5-3-8-9-4-6(5)2-7-1/h1-2,7H,3-4H2. The predicted molar refractivity (Wildman–Crippen MR) is 43.4 cm³/mol. The van der Waals surface area contributed by atoms with E-state index in [0.29, 0.717) is 0 Å². The van der Waals surface area contributed by atoms with Crippen molar-refractivity contribution >= 4 is 21.6 Å².